The summed E-state index contributed by atoms with van der Waals surface area (Å²) in [5.74, 6) is 0.563. The number of nitrogens with two attached hydrogens (primary N) is 1. The van der Waals surface area contributed by atoms with Crippen molar-refractivity contribution in [2.24, 2.45) is 0 Å². The summed E-state index contributed by atoms with van der Waals surface area (Å²) in [5.41, 5.74) is 6.00. The average Bonchev–Trinajstić information content (AvgIpc) is 2.36. The molecule has 0 atom stereocenters. The second-order valence-corrected chi connectivity index (χ2v) is 4.03. The lowest BCUT2D eigenvalue weighted by Crippen LogP contribution is -2.31. The van der Waals surface area contributed by atoms with E-state index in [0.717, 1.165) is 13.1 Å². The van der Waals surface area contributed by atoms with Crippen molar-refractivity contribution in [2.45, 2.75) is 20.3 Å². The van der Waals surface area contributed by atoms with Crippen LogP contribution in [0.5, 0.6) is 0 Å². The molecule has 0 fully saturated rings. The van der Waals surface area contributed by atoms with Gasteiger partial charge in [-0.15, -0.1) is 0 Å². The summed E-state index contributed by atoms with van der Waals surface area (Å²) in [6.45, 7) is 5.81. The van der Waals surface area contributed by atoms with Crippen molar-refractivity contribution in [1.29, 1.82) is 0 Å². The molecule has 1 heterocycles. The van der Waals surface area contributed by atoms with Gasteiger partial charge in [-0.2, -0.15) is 0 Å². The largest absolute Gasteiger partial charge is 0.393 e. The molecule has 0 aliphatic rings. The topological polar surface area (TPSA) is 84.1 Å². The molecule has 1 aromatic rings. The lowest BCUT2D eigenvalue weighted by molar-refractivity contribution is -0.130. The van der Waals surface area contributed by atoms with E-state index in [1.54, 1.807) is 4.90 Å². The van der Waals surface area contributed by atoms with Gasteiger partial charge in [-0.1, -0.05) is 11.6 Å². The van der Waals surface area contributed by atoms with Crippen molar-refractivity contribution >= 4 is 29.0 Å². The molecule has 0 aliphatic heterocycles. The number of nitrogen functional groups attached to an aromatic ring is 1. The molecule has 1 rings (SSSR count). The third-order valence-electron chi connectivity index (χ3n) is 2.58. The number of nitrogens with zero attached hydrogens (tertiary/aromatic N) is 3. The lowest BCUT2D eigenvalue weighted by atomic mass is 10.3. The van der Waals surface area contributed by atoms with Crippen molar-refractivity contribution < 1.29 is 4.79 Å². The molecule has 7 heteroatoms. The minimum Gasteiger partial charge on any atom is -0.393 e. The second-order valence-electron chi connectivity index (χ2n) is 3.67. The van der Waals surface area contributed by atoms with Gasteiger partial charge in [0.25, 0.3) is 0 Å². The third kappa shape index (κ3) is 3.73. The van der Waals surface area contributed by atoms with Gasteiger partial charge in [-0.3, -0.25) is 4.79 Å². The van der Waals surface area contributed by atoms with E-state index < -0.39 is 0 Å². The van der Waals surface area contributed by atoms with E-state index >= 15 is 0 Å². The van der Waals surface area contributed by atoms with Crippen molar-refractivity contribution in [1.82, 2.24) is 14.9 Å². The number of rotatable bonds is 6. The maximum absolute atomic E-state index is 11.7. The molecule has 6 nitrogen and oxygen atoms in total. The van der Waals surface area contributed by atoms with Crippen LogP contribution in [0.15, 0.2) is 6.33 Å². The highest BCUT2D eigenvalue weighted by molar-refractivity contribution is 6.32. The summed E-state index contributed by atoms with van der Waals surface area (Å²) in [6.07, 6.45) is 1.72. The van der Waals surface area contributed by atoms with Gasteiger partial charge >= 0.3 is 0 Å². The first-order valence-corrected chi connectivity index (χ1v) is 6.25. The van der Waals surface area contributed by atoms with Crippen molar-refractivity contribution in [2.75, 3.05) is 30.7 Å². The molecule has 18 heavy (non-hydrogen) atoms. The molecule has 0 spiro atoms. The molecule has 3 N–H and O–H groups in total. The van der Waals surface area contributed by atoms with Crippen molar-refractivity contribution in [3.05, 3.63) is 11.5 Å². The summed E-state index contributed by atoms with van der Waals surface area (Å²) in [7, 11) is 0. The summed E-state index contributed by atoms with van der Waals surface area (Å²) >= 11 is 5.76. The number of carbonyl (C=O) groups excluding carboxylic acids is 1. The highest BCUT2D eigenvalue weighted by Gasteiger charge is 2.10. The van der Waals surface area contributed by atoms with Crippen LogP contribution in [0, 0.1) is 0 Å². The fourth-order valence-corrected chi connectivity index (χ4v) is 1.67. The molecule has 100 valence electrons. The molecule has 0 radical (unpaired) electrons. The van der Waals surface area contributed by atoms with Gasteiger partial charge in [0.1, 0.15) is 12.0 Å². The quantitative estimate of drug-likeness (QED) is 0.764. The first-order valence-electron chi connectivity index (χ1n) is 5.87. The molecular formula is C11H18ClN5O. The molecule has 1 aromatic heterocycles. The smallest absolute Gasteiger partial charge is 0.224 e. The molecule has 0 bridgehead atoms. The minimum absolute atomic E-state index is 0.103. The summed E-state index contributed by atoms with van der Waals surface area (Å²) in [4.78, 5) is 21.2. The number of hydrogen-bond acceptors (Lipinski definition) is 5. The van der Waals surface area contributed by atoms with Gasteiger partial charge < -0.3 is 16.0 Å². The maximum atomic E-state index is 11.7. The van der Waals surface area contributed by atoms with E-state index in [0.29, 0.717) is 24.5 Å². The summed E-state index contributed by atoms with van der Waals surface area (Å²) in [6, 6.07) is 0. The van der Waals surface area contributed by atoms with Gasteiger partial charge in [0.2, 0.25) is 5.91 Å². The van der Waals surface area contributed by atoms with Gasteiger partial charge in [-0.25, -0.2) is 9.97 Å². The van der Waals surface area contributed by atoms with Crippen LogP contribution in [-0.4, -0.2) is 40.4 Å². The van der Waals surface area contributed by atoms with Crippen LogP contribution in [0.2, 0.25) is 5.15 Å². The second kappa shape index (κ2) is 7.00. The zero-order valence-corrected chi connectivity index (χ0v) is 11.4. The first-order chi connectivity index (χ1) is 8.60. The minimum atomic E-state index is 0.103. The van der Waals surface area contributed by atoms with Crippen LogP contribution in [-0.2, 0) is 4.79 Å². The number of aromatic nitrogens is 2. The lowest BCUT2D eigenvalue weighted by Gasteiger charge is -2.18. The van der Waals surface area contributed by atoms with Crippen LogP contribution < -0.4 is 11.1 Å². The maximum Gasteiger partial charge on any atom is 0.224 e. The molecule has 0 aliphatic carbocycles. The molecule has 0 saturated heterocycles. The highest BCUT2D eigenvalue weighted by Crippen LogP contribution is 2.21. The number of halogens is 1. The molecule has 0 saturated carbocycles. The Morgan fingerprint density at radius 3 is 2.72 bits per heavy atom. The van der Waals surface area contributed by atoms with E-state index in [4.69, 9.17) is 17.3 Å². The van der Waals surface area contributed by atoms with Gasteiger partial charge in [0, 0.05) is 26.1 Å². The predicted octanol–water partition coefficient (Wildman–Crippen LogP) is 1.38. The number of amides is 1. The zero-order valence-electron chi connectivity index (χ0n) is 10.6. The Kier molecular flexibility index (Phi) is 5.64. The van der Waals surface area contributed by atoms with E-state index in [-0.39, 0.29) is 11.1 Å². The Balaban J connectivity index is 2.47. The van der Waals surface area contributed by atoms with Crippen molar-refractivity contribution in [3.8, 4) is 0 Å². The summed E-state index contributed by atoms with van der Waals surface area (Å²) in [5, 5.41) is 3.19. The van der Waals surface area contributed by atoms with E-state index in [2.05, 4.69) is 15.3 Å². The van der Waals surface area contributed by atoms with E-state index in [1.165, 1.54) is 6.33 Å². The average molecular weight is 272 g/mol. The Labute approximate surface area is 112 Å². The Morgan fingerprint density at radius 2 is 2.11 bits per heavy atom. The van der Waals surface area contributed by atoms with Crippen LogP contribution in [0.4, 0.5) is 11.5 Å². The monoisotopic (exact) mass is 271 g/mol. The van der Waals surface area contributed by atoms with E-state index in [1.807, 2.05) is 13.8 Å². The number of hydrogen-bond donors (Lipinski definition) is 2. The van der Waals surface area contributed by atoms with Gasteiger partial charge in [-0.05, 0) is 13.8 Å². The van der Waals surface area contributed by atoms with E-state index in [9.17, 15) is 4.79 Å². The predicted molar refractivity (Wildman–Crippen MR) is 72.5 cm³/mol. The molecular weight excluding hydrogens is 254 g/mol. The number of nitrogens with one attached hydrogen (secondary N) is 1. The Hall–Kier alpha value is -1.56. The number of carbonyl (C=O) groups is 1. The molecule has 0 aromatic carbocycles. The van der Waals surface area contributed by atoms with Crippen LogP contribution in [0.1, 0.15) is 20.3 Å². The molecule has 0 unspecified atom stereocenters. The fraction of sp³-hybridized carbons (Fsp3) is 0.545. The number of anilines is 2. The van der Waals surface area contributed by atoms with Crippen LogP contribution >= 0.6 is 11.6 Å². The van der Waals surface area contributed by atoms with Crippen LogP contribution in [0.3, 0.4) is 0 Å². The van der Waals surface area contributed by atoms with Gasteiger partial charge in [0.15, 0.2) is 11.0 Å². The normalized spacial score (nSPS) is 10.2. The third-order valence-corrected chi connectivity index (χ3v) is 2.88. The fourth-order valence-electron chi connectivity index (χ4n) is 1.54. The SMILES string of the molecule is CCN(CC)C(=O)CCNc1ncnc(Cl)c1N. The first kappa shape index (κ1) is 14.5. The Bertz CT molecular complexity index is 408. The van der Waals surface area contributed by atoms with Crippen LogP contribution in [0.25, 0.3) is 0 Å². The summed E-state index contributed by atoms with van der Waals surface area (Å²) < 4.78 is 0. The van der Waals surface area contributed by atoms with Crippen molar-refractivity contribution in [3.63, 3.8) is 0 Å². The molecule has 1 amide bonds. The van der Waals surface area contributed by atoms with Gasteiger partial charge in [0.05, 0.1) is 0 Å². The standard InChI is InChI=1S/C11H18ClN5O/c1-3-17(4-2)8(18)5-6-14-11-9(13)10(12)15-7-16-11/h7H,3-6,13H2,1-2H3,(H,14,15,16). The zero-order chi connectivity index (χ0) is 13.5. The Morgan fingerprint density at radius 1 is 1.44 bits per heavy atom. The highest BCUT2D eigenvalue weighted by atomic mass is 35.5.